The van der Waals surface area contributed by atoms with Crippen molar-refractivity contribution in [1.82, 2.24) is 10.6 Å². The van der Waals surface area contributed by atoms with Gasteiger partial charge in [0.05, 0.1) is 0 Å². The van der Waals surface area contributed by atoms with Crippen LogP contribution in [0.2, 0.25) is 0 Å². The van der Waals surface area contributed by atoms with Crippen LogP contribution >= 0.6 is 0 Å². The van der Waals surface area contributed by atoms with Crippen molar-refractivity contribution in [3.63, 3.8) is 0 Å². The molecule has 0 aromatic heterocycles. The molecule has 0 radical (unpaired) electrons. The zero-order valence-electron chi connectivity index (χ0n) is 12.8. The summed E-state index contributed by atoms with van der Waals surface area (Å²) in [5.74, 6) is -0.208. The average Bonchev–Trinajstić information content (AvgIpc) is 2.37. The minimum atomic E-state index is -0.491. The number of ether oxygens (including phenoxy) is 1. The van der Waals surface area contributed by atoms with Crippen LogP contribution in [0.1, 0.15) is 26.3 Å². The highest BCUT2D eigenvalue weighted by Crippen LogP contribution is 2.06. The van der Waals surface area contributed by atoms with Crippen LogP contribution in [0.25, 0.3) is 0 Å². The Labute approximate surface area is 125 Å². The van der Waals surface area contributed by atoms with Gasteiger partial charge in [-0.1, -0.05) is 30.4 Å². The molecule has 0 saturated heterocycles. The van der Waals surface area contributed by atoms with Crippen molar-refractivity contribution in [2.24, 2.45) is 0 Å². The number of carbonyl (C=O) groups is 1. The molecule has 0 heterocycles. The maximum atomic E-state index is 13.3. The smallest absolute Gasteiger partial charge is 0.407 e. The lowest BCUT2D eigenvalue weighted by atomic mass is 10.2. The summed E-state index contributed by atoms with van der Waals surface area (Å²) in [6.07, 6.45) is 3.25. The van der Waals surface area contributed by atoms with E-state index in [4.69, 9.17) is 4.74 Å². The summed E-state index contributed by atoms with van der Waals surface area (Å²) < 4.78 is 18.4. The fraction of sp³-hybridized carbons (Fsp3) is 0.438. The quantitative estimate of drug-likeness (QED) is 0.626. The first-order chi connectivity index (χ1) is 9.88. The van der Waals surface area contributed by atoms with Crippen molar-refractivity contribution in [2.45, 2.75) is 32.9 Å². The van der Waals surface area contributed by atoms with Gasteiger partial charge in [0.15, 0.2) is 0 Å². The molecule has 0 aliphatic rings. The maximum Gasteiger partial charge on any atom is 0.407 e. The molecule has 1 aromatic rings. The summed E-state index contributed by atoms with van der Waals surface area (Å²) in [6.45, 7) is 6.91. The van der Waals surface area contributed by atoms with Gasteiger partial charge in [0, 0.05) is 25.2 Å². The van der Waals surface area contributed by atoms with Crippen molar-refractivity contribution in [3.05, 3.63) is 47.8 Å². The van der Waals surface area contributed by atoms with E-state index in [1.54, 1.807) is 18.2 Å². The molecule has 116 valence electrons. The number of benzene rings is 1. The Bertz CT molecular complexity index is 481. The molecule has 1 aromatic carbocycles. The zero-order valence-corrected chi connectivity index (χ0v) is 12.8. The molecule has 4 nitrogen and oxygen atoms in total. The molecule has 1 rings (SSSR count). The summed E-state index contributed by atoms with van der Waals surface area (Å²) in [5.41, 5.74) is 0.146. The molecule has 2 N–H and O–H groups in total. The van der Waals surface area contributed by atoms with Gasteiger partial charge in [0.1, 0.15) is 11.4 Å². The molecule has 0 unspecified atom stereocenters. The third kappa shape index (κ3) is 8.09. The maximum absolute atomic E-state index is 13.3. The molecule has 0 saturated carbocycles. The first-order valence-electron chi connectivity index (χ1n) is 6.94. The highest BCUT2D eigenvalue weighted by atomic mass is 19.1. The van der Waals surface area contributed by atoms with E-state index in [0.29, 0.717) is 25.2 Å². The van der Waals surface area contributed by atoms with Gasteiger partial charge in [-0.3, -0.25) is 0 Å². The number of hydrogen-bond acceptors (Lipinski definition) is 3. The fourth-order valence-electron chi connectivity index (χ4n) is 1.56. The summed E-state index contributed by atoms with van der Waals surface area (Å²) in [7, 11) is 0. The fourth-order valence-corrected chi connectivity index (χ4v) is 1.56. The molecule has 0 aliphatic carbocycles. The number of halogens is 1. The van der Waals surface area contributed by atoms with Gasteiger partial charge in [-0.2, -0.15) is 0 Å². The molecule has 21 heavy (non-hydrogen) atoms. The Morgan fingerprint density at radius 3 is 2.57 bits per heavy atom. The predicted molar refractivity (Wildman–Crippen MR) is 81.5 cm³/mol. The number of hydrogen-bond donors (Lipinski definition) is 2. The van der Waals surface area contributed by atoms with Gasteiger partial charge in [0.2, 0.25) is 0 Å². The number of rotatable bonds is 6. The van der Waals surface area contributed by atoms with Crippen LogP contribution in [0, 0.1) is 5.82 Å². The molecule has 0 spiro atoms. The Balaban J connectivity index is 2.13. The van der Waals surface area contributed by atoms with E-state index in [2.05, 4.69) is 10.6 Å². The molecular formula is C16H23FN2O2. The molecule has 0 atom stereocenters. The minimum absolute atomic E-state index is 0.208. The molecule has 0 aliphatic heterocycles. The molecule has 1 amide bonds. The van der Waals surface area contributed by atoms with Gasteiger partial charge in [-0.25, -0.2) is 9.18 Å². The van der Waals surface area contributed by atoms with Gasteiger partial charge in [-0.15, -0.1) is 0 Å². The monoisotopic (exact) mass is 294 g/mol. The van der Waals surface area contributed by atoms with Crippen LogP contribution in [-0.2, 0) is 11.3 Å². The SMILES string of the molecule is CC(C)(C)OC(=O)NC/C=C/CNCc1ccccc1F. The van der Waals surface area contributed by atoms with Crippen LogP contribution in [0.5, 0.6) is 0 Å². The Hall–Kier alpha value is -1.88. The zero-order chi connectivity index (χ0) is 15.7. The van der Waals surface area contributed by atoms with E-state index >= 15 is 0 Å². The van der Waals surface area contributed by atoms with E-state index in [0.717, 1.165) is 0 Å². The first-order valence-corrected chi connectivity index (χ1v) is 6.94. The van der Waals surface area contributed by atoms with E-state index < -0.39 is 11.7 Å². The standard InChI is InChI=1S/C16H23FN2O2/c1-16(2,3)21-15(20)19-11-7-6-10-18-12-13-8-4-5-9-14(13)17/h4-9,18H,10-12H2,1-3H3,(H,19,20)/b7-6+. The second-order valence-corrected chi connectivity index (χ2v) is 5.58. The lowest BCUT2D eigenvalue weighted by molar-refractivity contribution is 0.0534. The number of amides is 1. The third-order valence-electron chi connectivity index (χ3n) is 2.47. The second kappa shape index (κ2) is 8.42. The second-order valence-electron chi connectivity index (χ2n) is 5.58. The topological polar surface area (TPSA) is 50.4 Å². The van der Waals surface area contributed by atoms with Crippen molar-refractivity contribution in [3.8, 4) is 0 Å². The number of nitrogens with one attached hydrogen (secondary N) is 2. The van der Waals surface area contributed by atoms with E-state index in [1.165, 1.54) is 6.07 Å². The normalized spacial score (nSPS) is 11.6. The van der Waals surface area contributed by atoms with Crippen molar-refractivity contribution >= 4 is 6.09 Å². The molecule has 0 bridgehead atoms. The highest BCUT2D eigenvalue weighted by molar-refractivity contribution is 5.67. The molecule has 0 fully saturated rings. The van der Waals surface area contributed by atoms with Crippen molar-refractivity contribution < 1.29 is 13.9 Å². The summed E-state index contributed by atoms with van der Waals surface area (Å²) in [4.78, 5) is 11.3. The number of alkyl carbamates (subject to hydrolysis) is 1. The van der Waals surface area contributed by atoms with E-state index in [1.807, 2.05) is 32.9 Å². The van der Waals surface area contributed by atoms with Crippen LogP contribution in [0.4, 0.5) is 9.18 Å². The van der Waals surface area contributed by atoms with E-state index in [-0.39, 0.29) is 5.82 Å². The summed E-state index contributed by atoms with van der Waals surface area (Å²) in [5, 5.41) is 5.72. The Morgan fingerprint density at radius 1 is 1.24 bits per heavy atom. The van der Waals surface area contributed by atoms with Crippen LogP contribution in [0.15, 0.2) is 36.4 Å². The van der Waals surface area contributed by atoms with Crippen LogP contribution in [-0.4, -0.2) is 24.8 Å². The lowest BCUT2D eigenvalue weighted by Crippen LogP contribution is -2.32. The largest absolute Gasteiger partial charge is 0.444 e. The molecular weight excluding hydrogens is 271 g/mol. The molecule has 5 heteroatoms. The third-order valence-corrected chi connectivity index (χ3v) is 2.47. The Morgan fingerprint density at radius 2 is 1.90 bits per heavy atom. The van der Waals surface area contributed by atoms with Crippen molar-refractivity contribution in [2.75, 3.05) is 13.1 Å². The average molecular weight is 294 g/mol. The van der Waals surface area contributed by atoms with Gasteiger partial charge >= 0.3 is 6.09 Å². The van der Waals surface area contributed by atoms with Crippen LogP contribution < -0.4 is 10.6 Å². The van der Waals surface area contributed by atoms with E-state index in [9.17, 15) is 9.18 Å². The predicted octanol–water partition coefficient (Wildman–Crippen LogP) is 3.00. The first kappa shape index (κ1) is 17.2. The lowest BCUT2D eigenvalue weighted by Gasteiger charge is -2.19. The van der Waals surface area contributed by atoms with Gasteiger partial charge < -0.3 is 15.4 Å². The van der Waals surface area contributed by atoms with Crippen molar-refractivity contribution in [1.29, 1.82) is 0 Å². The summed E-state index contributed by atoms with van der Waals surface area (Å²) in [6, 6.07) is 6.66. The number of carbonyl (C=O) groups excluding carboxylic acids is 1. The minimum Gasteiger partial charge on any atom is -0.444 e. The summed E-state index contributed by atoms with van der Waals surface area (Å²) >= 11 is 0. The van der Waals surface area contributed by atoms with Gasteiger partial charge in [0.25, 0.3) is 0 Å². The van der Waals surface area contributed by atoms with Gasteiger partial charge in [-0.05, 0) is 26.8 Å². The highest BCUT2D eigenvalue weighted by Gasteiger charge is 2.14. The van der Waals surface area contributed by atoms with Crippen LogP contribution in [0.3, 0.4) is 0 Å². The Kier molecular flexibility index (Phi) is 6.88.